The average Bonchev–Trinajstić information content (AvgIpc) is 2.53. The van der Waals surface area contributed by atoms with Crippen molar-refractivity contribution < 1.29 is 26.9 Å². The van der Waals surface area contributed by atoms with Crippen molar-refractivity contribution in [3.05, 3.63) is 64.2 Å². The summed E-state index contributed by atoms with van der Waals surface area (Å²) in [5, 5.41) is 10.9. The topological polar surface area (TPSA) is 98.5 Å². The maximum absolute atomic E-state index is 12.3. The Balaban J connectivity index is 2.25. The average molecular weight is 358 g/mol. The van der Waals surface area contributed by atoms with Crippen LogP contribution in [-0.4, -0.2) is 20.0 Å². The van der Waals surface area contributed by atoms with Crippen LogP contribution >= 0.6 is 0 Å². The summed E-state index contributed by atoms with van der Waals surface area (Å²) in [6, 6.07) is 10.5. The fourth-order valence-corrected chi connectivity index (χ4v) is 3.12. The van der Waals surface area contributed by atoms with E-state index in [4.69, 9.17) is 0 Å². The Morgan fingerprint density at radius 3 is 2.42 bits per heavy atom. The van der Waals surface area contributed by atoms with Crippen LogP contribution in [0.15, 0.2) is 53.4 Å². The van der Waals surface area contributed by atoms with E-state index >= 15 is 0 Å². The van der Waals surface area contributed by atoms with Crippen molar-refractivity contribution in [3.8, 4) is 5.75 Å². The van der Waals surface area contributed by atoms with Crippen LogP contribution in [0.3, 0.4) is 0 Å². The van der Waals surface area contributed by atoms with E-state index in [0.29, 0.717) is 0 Å². The van der Waals surface area contributed by atoms with E-state index in [1.807, 2.05) is 0 Å². The molecule has 0 radical (unpaired) electrons. The summed E-state index contributed by atoms with van der Waals surface area (Å²) in [6.45, 7) is -3.42. The molecule has 7 nitrogen and oxygen atoms in total. The summed E-state index contributed by atoms with van der Waals surface area (Å²) in [5.74, 6) is -0.183. The third kappa shape index (κ3) is 4.24. The van der Waals surface area contributed by atoms with Crippen LogP contribution in [0.5, 0.6) is 5.75 Å². The molecule has 0 aromatic heterocycles. The molecule has 0 amide bonds. The second-order valence-corrected chi connectivity index (χ2v) is 6.27. The number of hydrogen-bond donors (Lipinski definition) is 1. The summed E-state index contributed by atoms with van der Waals surface area (Å²) in [5.41, 5.74) is -0.415. The van der Waals surface area contributed by atoms with Crippen LogP contribution in [0.2, 0.25) is 0 Å². The molecule has 0 aliphatic carbocycles. The maximum atomic E-state index is 12.3. The van der Waals surface area contributed by atoms with Gasteiger partial charge in [-0.05, 0) is 12.1 Å². The highest BCUT2D eigenvalue weighted by Gasteiger charge is 2.25. The number of hydrogen-bond acceptors (Lipinski definition) is 5. The number of sulfonamides is 1. The Labute approximate surface area is 136 Å². The minimum absolute atomic E-state index is 0.167. The first-order valence-corrected chi connectivity index (χ1v) is 8.05. The van der Waals surface area contributed by atoms with Crippen LogP contribution in [0.1, 0.15) is 5.56 Å². The van der Waals surface area contributed by atoms with Crippen molar-refractivity contribution in [1.82, 2.24) is 4.72 Å². The molecule has 0 bridgehead atoms. The Morgan fingerprint density at radius 2 is 1.75 bits per heavy atom. The molecule has 2 aromatic rings. The molecule has 0 saturated heterocycles. The lowest BCUT2D eigenvalue weighted by atomic mass is 10.2. The number of halogens is 2. The largest absolute Gasteiger partial charge is 0.434 e. The van der Waals surface area contributed by atoms with E-state index in [1.54, 1.807) is 0 Å². The molecule has 2 aromatic carbocycles. The number of rotatable bonds is 7. The van der Waals surface area contributed by atoms with Crippen molar-refractivity contribution in [2.24, 2.45) is 0 Å². The number of alkyl halides is 2. The molecule has 0 spiro atoms. The standard InChI is InChI=1S/C14H12F2N2O5S/c15-14(16)23-12-7-3-1-5-10(12)9-17-24(21,22)13-8-4-2-6-11(13)18(19)20/h1-8,14,17H,9H2. The highest BCUT2D eigenvalue weighted by molar-refractivity contribution is 7.89. The van der Waals surface area contributed by atoms with E-state index < -0.39 is 32.1 Å². The van der Waals surface area contributed by atoms with Crippen molar-refractivity contribution in [1.29, 1.82) is 0 Å². The molecule has 1 N–H and O–H groups in total. The summed E-state index contributed by atoms with van der Waals surface area (Å²) in [6.07, 6.45) is 0. The molecule has 0 unspecified atom stereocenters. The van der Waals surface area contributed by atoms with E-state index in [2.05, 4.69) is 9.46 Å². The number of nitro groups is 1. The third-order valence-electron chi connectivity index (χ3n) is 2.99. The second-order valence-electron chi connectivity index (χ2n) is 4.54. The Hall–Kier alpha value is -2.59. The smallest absolute Gasteiger partial charge is 0.387 e. The van der Waals surface area contributed by atoms with Gasteiger partial charge >= 0.3 is 6.61 Å². The van der Waals surface area contributed by atoms with Crippen LogP contribution in [0, 0.1) is 10.1 Å². The monoisotopic (exact) mass is 358 g/mol. The molecule has 10 heteroatoms. The van der Waals surface area contributed by atoms with Crippen molar-refractivity contribution >= 4 is 15.7 Å². The van der Waals surface area contributed by atoms with E-state index in [0.717, 1.165) is 12.1 Å². The number of benzene rings is 2. The summed E-state index contributed by atoms with van der Waals surface area (Å²) in [7, 11) is -4.21. The number of ether oxygens (including phenoxy) is 1. The van der Waals surface area contributed by atoms with Gasteiger partial charge in [-0.25, -0.2) is 13.1 Å². The molecule has 0 aliphatic heterocycles. The SMILES string of the molecule is O=[N+]([O-])c1ccccc1S(=O)(=O)NCc1ccccc1OC(F)F. The lowest BCUT2D eigenvalue weighted by Crippen LogP contribution is -2.24. The molecular weight excluding hydrogens is 346 g/mol. The van der Waals surface area contributed by atoms with Crippen LogP contribution in [0.4, 0.5) is 14.5 Å². The summed E-state index contributed by atoms with van der Waals surface area (Å²) < 4.78 is 55.7. The molecule has 128 valence electrons. The highest BCUT2D eigenvalue weighted by atomic mass is 32.2. The predicted octanol–water partition coefficient (Wildman–Crippen LogP) is 2.67. The van der Waals surface area contributed by atoms with Crippen molar-refractivity contribution in [3.63, 3.8) is 0 Å². The zero-order valence-electron chi connectivity index (χ0n) is 12.1. The molecule has 0 saturated carbocycles. The Kier molecular flexibility index (Phi) is 5.42. The Morgan fingerprint density at radius 1 is 1.12 bits per heavy atom. The quantitative estimate of drug-likeness (QED) is 0.606. The number of para-hydroxylation sites is 2. The molecule has 24 heavy (non-hydrogen) atoms. The predicted molar refractivity (Wildman–Crippen MR) is 80.2 cm³/mol. The van der Waals surface area contributed by atoms with Gasteiger partial charge in [-0.2, -0.15) is 8.78 Å². The van der Waals surface area contributed by atoms with Gasteiger partial charge in [0.2, 0.25) is 10.0 Å². The van der Waals surface area contributed by atoms with Gasteiger partial charge in [0, 0.05) is 18.2 Å². The summed E-state index contributed by atoms with van der Waals surface area (Å²) >= 11 is 0. The zero-order valence-corrected chi connectivity index (χ0v) is 12.9. The van der Waals surface area contributed by atoms with E-state index in [9.17, 15) is 27.3 Å². The van der Waals surface area contributed by atoms with Gasteiger partial charge in [0.25, 0.3) is 5.69 Å². The third-order valence-corrected chi connectivity index (χ3v) is 4.44. The van der Waals surface area contributed by atoms with Gasteiger partial charge in [0.1, 0.15) is 5.75 Å². The van der Waals surface area contributed by atoms with Gasteiger partial charge in [-0.1, -0.05) is 30.3 Å². The lowest BCUT2D eigenvalue weighted by molar-refractivity contribution is -0.387. The molecular formula is C14H12F2N2O5S. The number of nitro benzene ring substituents is 1. The van der Waals surface area contributed by atoms with Gasteiger partial charge in [-0.3, -0.25) is 10.1 Å². The van der Waals surface area contributed by atoms with Crippen LogP contribution < -0.4 is 9.46 Å². The van der Waals surface area contributed by atoms with Gasteiger partial charge in [0.05, 0.1) is 4.92 Å². The normalized spacial score (nSPS) is 11.5. The first kappa shape index (κ1) is 17.8. The molecule has 2 rings (SSSR count). The van der Waals surface area contributed by atoms with Crippen LogP contribution in [0.25, 0.3) is 0 Å². The highest BCUT2D eigenvalue weighted by Crippen LogP contribution is 2.24. The number of nitrogens with zero attached hydrogens (tertiary/aromatic N) is 1. The minimum Gasteiger partial charge on any atom is -0.434 e. The van der Waals surface area contributed by atoms with Gasteiger partial charge in [0.15, 0.2) is 4.90 Å². The lowest BCUT2D eigenvalue weighted by Gasteiger charge is -2.11. The van der Waals surface area contributed by atoms with E-state index in [-0.39, 0.29) is 17.9 Å². The van der Waals surface area contributed by atoms with Crippen molar-refractivity contribution in [2.75, 3.05) is 0 Å². The summed E-state index contributed by atoms with van der Waals surface area (Å²) in [4.78, 5) is 9.60. The van der Waals surface area contributed by atoms with Gasteiger partial charge < -0.3 is 4.74 Å². The molecule has 0 atom stereocenters. The van der Waals surface area contributed by atoms with Crippen molar-refractivity contribution in [2.45, 2.75) is 18.1 Å². The first-order valence-electron chi connectivity index (χ1n) is 6.57. The molecule has 0 heterocycles. The van der Waals surface area contributed by atoms with E-state index in [1.165, 1.54) is 36.4 Å². The van der Waals surface area contributed by atoms with Gasteiger partial charge in [-0.15, -0.1) is 0 Å². The maximum Gasteiger partial charge on any atom is 0.387 e. The number of nitrogens with one attached hydrogen (secondary N) is 1. The fourth-order valence-electron chi connectivity index (χ4n) is 1.95. The Bertz CT molecular complexity index is 843. The second kappa shape index (κ2) is 7.32. The minimum atomic E-state index is -4.21. The first-order chi connectivity index (χ1) is 11.3. The zero-order chi connectivity index (χ0) is 17.7. The fraction of sp³-hybridized carbons (Fsp3) is 0.143. The molecule has 0 aliphatic rings. The van der Waals surface area contributed by atoms with Crippen LogP contribution in [-0.2, 0) is 16.6 Å². The molecule has 0 fully saturated rings.